The molecule has 0 fully saturated rings. The molecule has 0 unspecified atom stereocenters. The van der Waals surface area contributed by atoms with Crippen LogP contribution in [0.15, 0.2) is 24.5 Å². The van der Waals surface area contributed by atoms with E-state index in [1.807, 2.05) is 40.1 Å². The topological polar surface area (TPSA) is 60.9 Å². The molecule has 4 heteroatoms. The number of nitrogens with two attached hydrogens (primary N) is 1. The second kappa shape index (κ2) is 6.00. The Morgan fingerprint density at radius 1 is 1.28 bits per heavy atom. The zero-order valence-electron chi connectivity index (χ0n) is 11.3. The summed E-state index contributed by atoms with van der Waals surface area (Å²) < 4.78 is 1.72. The maximum absolute atomic E-state index is 10.9. The molecule has 2 aromatic rings. The lowest BCUT2D eigenvalue weighted by Gasteiger charge is -2.06. The SMILES string of the molecule is CC.Cc1cc(-c2cnn(C)c2)cc(C=O)c1N. The van der Waals surface area contributed by atoms with E-state index in [-0.39, 0.29) is 0 Å². The Balaban J connectivity index is 0.000000771. The molecule has 1 heterocycles. The Hall–Kier alpha value is -2.10. The zero-order chi connectivity index (χ0) is 13.7. The van der Waals surface area contributed by atoms with Gasteiger partial charge >= 0.3 is 0 Å². The number of aromatic nitrogens is 2. The minimum atomic E-state index is 0.527. The fraction of sp³-hybridized carbons (Fsp3) is 0.286. The van der Waals surface area contributed by atoms with Crippen LogP contribution in [0.25, 0.3) is 11.1 Å². The second-order valence-corrected chi connectivity index (χ2v) is 3.82. The van der Waals surface area contributed by atoms with E-state index in [0.29, 0.717) is 11.3 Å². The Bertz CT molecular complexity index is 544. The first-order chi connectivity index (χ1) is 8.61. The maximum Gasteiger partial charge on any atom is 0.152 e. The lowest BCUT2D eigenvalue weighted by atomic mass is 10.0. The molecule has 0 amide bonds. The van der Waals surface area contributed by atoms with Crippen LogP contribution in [-0.2, 0) is 7.05 Å². The molecule has 0 aliphatic carbocycles. The summed E-state index contributed by atoms with van der Waals surface area (Å²) in [6.07, 6.45) is 4.45. The standard InChI is InChI=1S/C12H13N3O.C2H6/c1-8-3-9(4-10(7-16)12(8)13)11-5-14-15(2)6-11;1-2/h3-7H,13H2,1-2H3;1-2H3. The number of carbonyl (C=O) groups excluding carboxylic acids is 1. The highest BCUT2D eigenvalue weighted by molar-refractivity contribution is 5.87. The third kappa shape index (κ3) is 2.77. The molecule has 0 aliphatic rings. The maximum atomic E-state index is 10.9. The summed E-state index contributed by atoms with van der Waals surface area (Å²) in [5.74, 6) is 0. The molecule has 0 saturated heterocycles. The van der Waals surface area contributed by atoms with E-state index in [4.69, 9.17) is 5.73 Å². The first-order valence-electron chi connectivity index (χ1n) is 5.96. The van der Waals surface area contributed by atoms with Crippen LogP contribution in [0.2, 0.25) is 0 Å². The minimum absolute atomic E-state index is 0.527. The van der Waals surface area contributed by atoms with E-state index in [1.54, 1.807) is 16.9 Å². The summed E-state index contributed by atoms with van der Waals surface area (Å²) >= 11 is 0. The highest BCUT2D eigenvalue weighted by Crippen LogP contribution is 2.25. The first kappa shape index (κ1) is 14.0. The van der Waals surface area contributed by atoms with Gasteiger partial charge in [-0.25, -0.2) is 0 Å². The van der Waals surface area contributed by atoms with Gasteiger partial charge in [0.1, 0.15) is 0 Å². The van der Waals surface area contributed by atoms with E-state index in [0.717, 1.165) is 23.0 Å². The Morgan fingerprint density at radius 3 is 2.44 bits per heavy atom. The summed E-state index contributed by atoms with van der Waals surface area (Å²) in [5, 5.41) is 4.10. The third-order valence-electron chi connectivity index (χ3n) is 2.58. The monoisotopic (exact) mass is 245 g/mol. The average molecular weight is 245 g/mol. The Kier molecular flexibility index (Phi) is 4.66. The van der Waals surface area contributed by atoms with Crippen LogP contribution in [0, 0.1) is 6.92 Å². The van der Waals surface area contributed by atoms with Gasteiger partial charge in [0.05, 0.1) is 6.20 Å². The van der Waals surface area contributed by atoms with Crippen molar-refractivity contribution in [2.75, 3.05) is 5.73 Å². The predicted octanol–water partition coefficient (Wildman–Crippen LogP) is 2.82. The average Bonchev–Trinajstić information content (AvgIpc) is 2.82. The fourth-order valence-corrected chi connectivity index (χ4v) is 1.66. The van der Waals surface area contributed by atoms with Crippen molar-refractivity contribution < 1.29 is 4.79 Å². The number of hydrogen-bond donors (Lipinski definition) is 1. The Labute approximate surface area is 107 Å². The number of benzene rings is 1. The van der Waals surface area contributed by atoms with Crippen LogP contribution in [0.5, 0.6) is 0 Å². The molecule has 0 spiro atoms. The van der Waals surface area contributed by atoms with Crippen LogP contribution in [0.4, 0.5) is 5.69 Å². The fourth-order valence-electron chi connectivity index (χ4n) is 1.66. The highest BCUT2D eigenvalue weighted by Gasteiger charge is 2.07. The van der Waals surface area contributed by atoms with Gasteiger partial charge in [-0.05, 0) is 30.2 Å². The number of nitrogens with zero attached hydrogens (tertiary/aromatic N) is 2. The van der Waals surface area contributed by atoms with Crippen molar-refractivity contribution in [2.24, 2.45) is 7.05 Å². The van der Waals surface area contributed by atoms with E-state index < -0.39 is 0 Å². The molecule has 0 aliphatic heterocycles. The molecule has 4 nitrogen and oxygen atoms in total. The second-order valence-electron chi connectivity index (χ2n) is 3.82. The summed E-state index contributed by atoms with van der Waals surface area (Å²) in [6, 6.07) is 3.74. The number of hydrogen-bond acceptors (Lipinski definition) is 3. The van der Waals surface area contributed by atoms with Crippen LogP contribution < -0.4 is 5.73 Å². The number of rotatable bonds is 2. The van der Waals surface area contributed by atoms with Gasteiger partial charge in [-0.2, -0.15) is 5.10 Å². The van der Waals surface area contributed by atoms with Gasteiger partial charge in [-0.1, -0.05) is 13.8 Å². The molecule has 18 heavy (non-hydrogen) atoms. The molecule has 0 atom stereocenters. The van der Waals surface area contributed by atoms with Crippen molar-refractivity contribution in [2.45, 2.75) is 20.8 Å². The smallest absolute Gasteiger partial charge is 0.152 e. The van der Waals surface area contributed by atoms with E-state index in [2.05, 4.69) is 5.10 Å². The number of carbonyl (C=O) groups is 1. The molecule has 2 N–H and O–H groups in total. The zero-order valence-corrected chi connectivity index (χ0v) is 11.3. The molecule has 96 valence electrons. The molecular formula is C14H19N3O. The van der Waals surface area contributed by atoms with Gasteiger partial charge in [0.25, 0.3) is 0 Å². The van der Waals surface area contributed by atoms with Crippen molar-refractivity contribution in [3.05, 3.63) is 35.7 Å². The van der Waals surface area contributed by atoms with Crippen LogP contribution in [-0.4, -0.2) is 16.1 Å². The van der Waals surface area contributed by atoms with Gasteiger partial charge in [0, 0.05) is 30.1 Å². The molecule has 1 aromatic carbocycles. The van der Waals surface area contributed by atoms with Crippen LogP contribution in [0.3, 0.4) is 0 Å². The normalized spacial score (nSPS) is 9.56. The minimum Gasteiger partial charge on any atom is -0.398 e. The van der Waals surface area contributed by atoms with Gasteiger partial charge in [0.15, 0.2) is 6.29 Å². The number of anilines is 1. The lowest BCUT2D eigenvalue weighted by molar-refractivity contribution is 0.112. The molecule has 0 radical (unpaired) electrons. The van der Waals surface area contributed by atoms with E-state index in [9.17, 15) is 4.79 Å². The highest BCUT2D eigenvalue weighted by atomic mass is 16.1. The lowest BCUT2D eigenvalue weighted by Crippen LogP contribution is -1.96. The Morgan fingerprint density at radius 2 is 1.94 bits per heavy atom. The van der Waals surface area contributed by atoms with Crippen molar-refractivity contribution >= 4 is 12.0 Å². The number of aryl methyl sites for hydroxylation is 2. The summed E-state index contributed by atoms with van der Waals surface area (Å²) in [6.45, 7) is 5.89. The molecule has 1 aromatic heterocycles. The summed E-state index contributed by atoms with van der Waals surface area (Å²) in [4.78, 5) is 10.9. The van der Waals surface area contributed by atoms with Gasteiger partial charge in [0.2, 0.25) is 0 Å². The van der Waals surface area contributed by atoms with Crippen molar-refractivity contribution in [1.82, 2.24) is 9.78 Å². The van der Waals surface area contributed by atoms with Gasteiger partial charge in [-0.15, -0.1) is 0 Å². The first-order valence-corrected chi connectivity index (χ1v) is 5.96. The molecule has 2 rings (SSSR count). The van der Waals surface area contributed by atoms with Crippen molar-refractivity contribution in [3.8, 4) is 11.1 Å². The molecule has 0 bridgehead atoms. The van der Waals surface area contributed by atoms with Gasteiger partial charge < -0.3 is 5.73 Å². The van der Waals surface area contributed by atoms with E-state index in [1.165, 1.54) is 0 Å². The van der Waals surface area contributed by atoms with Gasteiger partial charge in [-0.3, -0.25) is 9.48 Å². The quantitative estimate of drug-likeness (QED) is 0.653. The molecule has 0 saturated carbocycles. The van der Waals surface area contributed by atoms with Crippen LogP contribution >= 0.6 is 0 Å². The van der Waals surface area contributed by atoms with E-state index >= 15 is 0 Å². The van der Waals surface area contributed by atoms with Crippen molar-refractivity contribution in [1.29, 1.82) is 0 Å². The summed E-state index contributed by atoms with van der Waals surface area (Å²) in [5.41, 5.74) is 9.71. The molecular weight excluding hydrogens is 226 g/mol. The van der Waals surface area contributed by atoms with Crippen molar-refractivity contribution in [3.63, 3.8) is 0 Å². The summed E-state index contributed by atoms with van der Waals surface area (Å²) in [7, 11) is 1.86. The number of nitrogen functional groups attached to an aromatic ring is 1. The third-order valence-corrected chi connectivity index (χ3v) is 2.58. The van der Waals surface area contributed by atoms with Crippen LogP contribution in [0.1, 0.15) is 29.8 Å². The predicted molar refractivity (Wildman–Crippen MR) is 74.5 cm³/mol. The number of aldehydes is 1. The largest absolute Gasteiger partial charge is 0.398 e.